The fraction of sp³-hybridized carbons (Fsp3) is 0.364. The van der Waals surface area contributed by atoms with Crippen LogP contribution in [0.3, 0.4) is 0 Å². The zero-order valence-electron chi connectivity index (χ0n) is 8.61. The summed E-state index contributed by atoms with van der Waals surface area (Å²) in [5.41, 5.74) is 0.928. The van der Waals surface area contributed by atoms with E-state index in [1.807, 2.05) is 19.1 Å². The summed E-state index contributed by atoms with van der Waals surface area (Å²) in [5.74, 6) is 1.21. The zero-order chi connectivity index (χ0) is 10.6. The molecule has 0 amide bonds. The maximum Gasteiger partial charge on any atom is 0.161 e. The number of rotatable bonds is 4. The number of hydrogen-bond acceptors (Lipinski definition) is 3. The van der Waals surface area contributed by atoms with Crippen LogP contribution < -0.4 is 9.47 Å². The largest absolute Gasteiger partial charge is 0.493 e. The average Bonchev–Trinajstić information content (AvgIpc) is 2.26. The van der Waals surface area contributed by atoms with E-state index in [1.54, 1.807) is 20.3 Å². The first-order chi connectivity index (χ1) is 6.72. The minimum atomic E-state index is -0.116. The molecule has 0 spiro atoms. The minimum Gasteiger partial charge on any atom is -0.493 e. The predicted molar refractivity (Wildman–Crippen MR) is 54.0 cm³/mol. The lowest BCUT2D eigenvalue weighted by Crippen LogP contribution is -1.97. The van der Waals surface area contributed by atoms with E-state index >= 15 is 0 Å². The van der Waals surface area contributed by atoms with Gasteiger partial charge in [0.15, 0.2) is 11.5 Å². The van der Waals surface area contributed by atoms with Crippen LogP contribution in [0.1, 0.15) is 18.4 Å². The van der Waals surface area contributed by atoms with E-state index < -0.39 is 0 Å². The lowest BCUT2D eigenvalue weighted by molar-refractivity contribution is -0.108. The summed E-state index contributed by atoms with van der Waals surface area (Å²) in [6.45, 7) is 1.84. The van der Waals surface area contributed by atoms with Gasteiger partial charge in [-0.3, -0.25) is 0 Å². The van der Waals surface area contributed by atoms with Gasteiger partial charge in [-0.25, -0.2) is 0 Å². The Morgan fingerprint density at radius 2 is 1.86 bits per heavy atom. The van der Waals surface area contributed by atoms with E-state index in [2.05, 4.69) is 0 Å². The Kier molecular flexibility index (Phi) is 3.51. The van der Waals surface area contributed by atoms with Gasteiger partial charge < -0.3 is 14.3 Å². The first kappa shape index (κ1) is 10.6. The van der Waals surface area contributed by atoms with Crippen molar-refractivity contribution in [1.29, 1.82) is 0 Å². The van der Waals surface area contributed by atoms with Gasteiger partial charge in [0, 0.05) is 5.92 Å². The quantitative estimate of drug-likeness (QED) is 0.688. The molecule has 0 radical (unpaired) electrons. The van der Waals surface area contributed by atoms with E-state index in [9.17, 15) is 4.79 Å². The van der Waals surface area contributed by atoms with E-state index in [0.717, 1.165) is 11.8 Å². The van der Waals surface area contributed by atoms with Gasteiger partial charge in [0.2, 0.25) is 0 Å². The van der Waals surface area contributed by atoms with Crippen molar-refractivity contribution in [1.82, 2.24) is 0 Å². The number of hydrogen-bond donors (Lipinski definition) is 0. The van der Waals surface area contributed by atoms with Crippen LogP contribution in [0.5, 0.6) is 11.5 Å². The predicted octanol–water partition coefficient (Wildman–Crippen LogP) is 2.01. The standard InChI is InChI=1S/C11H14O3/c1-8(7-12)9-4-5-10(13-2)11(6-9)14-3/h4-8H,1-3H3. The van der Waals surface area contributed by atoms with Crippen molar-refractivity contribution in [3.63, 3.8) is 0 Å². The molecule has 1 atom stereocenters. The van der Waals surface area contributed by atoms with Gasteiger partial charge in [0.1, 0.15) is 6.29 Å². The Morgan fingerprint density at radius 3 is 2.36 bits per heavy atom. The Labute approximate surface area is 83.6 Å². The Bertz CT molecular complexity index is 320. The number of ether oxygens (including phenoxy) is 2. The van der Waals surface area contributed by atoms with Gasteiger partial charge in [-0.1, -0.05) is 13.0 Å². The van der Waals surface area contributed by atoms with Gasteiger partial charge in [-0.05, 0) is 17.7 Å². The third-order valence-corrected chi connectivity index (χ3v) is 2.14. The molecular formula is C11H14O3. The second-order valence-electron chi connectivity index (χ2n) is 3.04. The van der Waals surface area contributed by atoms with Crippen molar-refractivity contribution in [2.75, 3.05) is 14.2 Å². The molecule has 0 saturated carbocycles. The van der Waals surface area contributed by atoms with Gasteiger partial charge in [-0.2, -0.15) is 0 Å². The summed E-state index contributed by atoms with van der Waals surface area (Å²) in [4.78, 5) is 10.6. The third kappa shape index (κ3) is 2.05. The zero-order valence-corrected chi connectivity index (χ0v) is 8.61. The molecule has 3 nitrogen and oxygen atoms in total. The molecule has 14 heavy (non-hydrogen) atoms. The van der Waals surface area contributed by atoms with E-state index in [-0.39, 0.29) is 5.92 Å². The summed E-state index contributed by atoms with van der Waals surface area (Å²) in [6, 6.07) is 5.48. The molecule has 76 valence electrons. The van der Waals surface area contributed by atoms with Crippen LogP contribution in [0.15, 0.2) is 18.2 Å². The third-order valence-electron chi connectivity index (χ3n) is 2.14. The van der Waals surface area contributed by atoms with Crippen molar-refractivity contribution in [2.45, 2.75) is 12.8 Å². The smallest absolute Gasteiger partial charge is 0.161 e. The highest BCUT2D eigenvalue weighted by Crippen LogP contribution is 2.29. The Morgan fingerprint density at radius 1 is 1.21 bits per heavy atom. The molecule has 0 bridgehead atoms. The second-order valence-corrected chi connectivity index (χ2v) is 3.04. The number of methoxy groups -OCH3 is 2. The monoisotopic (exact) mass is 194 g/mol. The summed E-state index contributed by atoms with van der Waals surface area (Å²) >= 11 is 0. The molecule has 0 saturated heterocycles. The lowest BCUT2D eigenvalue weighted by Gasteiger charge is -2.10. The minimum absolute atomic E-state index is 0.116. The van der Waals surface area contributed by atoms with E-state index in [0.29, 0.717) is 11.5 Å². The highest BCUT2D eigenvalue weighted by molar-refractivity contribution is 5.62. The van der Waals surface area contributed by atoms with E-state index in [1.165, 1.54) is 0 Å². The highest BCUT2D eigenvalue weighted by Gasteiger charge is 2.08. The Balaban J connectivity index is 3.06. The molecule has 1 rings (SSSR count). The fourth-order valence-electron chi connectivity index (χ4n) is 1.21. The van der Waals surface area contributed by atoms with Crippen LogP contribution in [0.2, 0.25) is 0 Å². The van der Waals surface area contributed by atoms with Crippen LogP contribution in [0.25, 0.3) is 0 Å². The molecule has 1 aromatic rings. The number of benzene rings is 1. The highest BCUT2D eigenvalue weighted by atomic mass is 16.5. The molecule has 1 aromatic carbocycles. The summed E-state index contributed by atoms with van der Waals surface area (Å²) < 4.78 is 10.2. The first-order valence-corrected chi connectivity index (χ1v) is 4.40. The van der Waals surface area contributed by atoms with Gasteiger partial charge in [0.05, 0.1) is 14.2 Å². The summed E-state index contributed by atoms with van der Waals surface area (Å²) in [7, 11) is 3.16. The van der Waals surface area contributed by atoms with Crippen molar-refractivity contribution in [3.8, 4) is 11.5 Å². The maximum atomic E-state index is 10.6. The van der Waals surface area contributed by atoms with Crippen molar-refractivity contribution < 1.29 is 14.3 Å². The lowest BCUT2D eigenvalue weighted by atomic mass is 10.0. The summed E-state index contributed by atoms with van der Waals surface area (Å²) in [6.07, 6.45) is 0.904. The van der Waals surface area contributed by atoms with Crippen molar-refractivity contribution in [2.24, 2.45) is 0 Å². The molecule has 0 aliphatic carbocycles. The average molecular weight is 194 g/mol. The normalized spacial score (nSPS) is 11.9. The molecule has 1 unspecified atom stereocenters. The summed E-state index contributed by atoms with van der Waals surface area (Å²) in [5, 5.41) is 0. The number of carbonyl (C=O) groups is 1. The van der Waals surface area contributed by atoms with Gasteiger partial charge in [-0.15, -0.1) is 0 Å². The molecule has 0 aromatic heterocycles. The van der Waals surface area contributed by atoms with Crippen LogP contribution in [0, 0.1) is 0 Å². The van der Waals surface area contributed by atoms with Crippen LogP contribution in [-0.2, 0) is 4.79 Å². The topological polar surface area (TPSA) is 35.5 Å². The number of carbonyl (C=O) groups excluding carboxylic acids is 1. The molecule has 0 aliphatic heterocycles. The molecular weight excluding hydrogens is 180 g/mol. The first-order valence-electron chi connectivity index (χ1n) is 4.40. The van der Waals surface area contributed by atoms with Gasteiger partial charge >= 0.3 is 0 Å². The second kappa shape index (κ2) is 4.65. The van der Waals surface area contributed by atoms with Crippen LogP contribution >= 0.6 is 0 Å². The maximum absolute atomic E-state index is 10.6. The number of aldehydes is 1. The molecule has 0 heterocycles. The SMILES string of the molecule is COc1ccc(C(C)C=O)cc1OC. The van der Waals surface area contributed by atoms with Gasteiger partial charge in [0.25, 0.3) is 0 Å². The fourth-order valence-corrected chi connectivity index (χ4v) is 1.21. The van der Waals surface area contributed by atoms with Crippen molar-refractivity contribution >= 4 is 6.29 Å². The molecule has 0 fully saturated rings. The molecule has 0 aliphatic rings. The molecule has 0 N–H and O–H groups in total. The van der Waals surface area contributed by atoms with Crippen LogP contribution in [-0.4, -0.2) is 20.5 Å². The van der Waals surface area contributed by atoms with E-state index in [4.69, 9.17) is 9.47 Å². The Hall–Kier alpha value is -1.51. The van der Waals surface area contributed by atoms with Crippen LogP contribution in [0.4, 0.5) is 0 Å². The van der Waals surface area contributed by atoms with Crippen molar-refractivity contribution in [3.05, 3.63) is 23.8 Å². The molecule has 3 heteroatoms.